The third-order valence-electron chi connectivity index (χ3n) is 3.59. The third kappa shape index (κ3) is 2.62. The van der Waals surface area contributed by atoms with Crippen molar-refractivity contribution >= 4 is 34.0 Å². The lowest BCUT2D eigenvalue weighted by Gasteiger charge is -2.20. The van der Waals surface area contributed by atoms with Gasteiger partial charge in [-0.2, -0.15) is 0 Å². The Bertz CT molecular complexity index is 781. The molecule has 0 saturated heterocycles. The molecule has 2 aromatic carbocycles. The van der Waals surface area contributed by atoms with E-state index in [0.717, 1.165) is 21.9 Å². The Morgan fingerprint density at radius 2 is 1.76 bits per heavy atom. The van der Waals surface area contributed by atoms with Crippen LogP contribution in [0.1, 0.15) is 17.2 Å². The summed E-state index contributed by atoms with van der Waals surface area (Å²) in [6.45, 7) is 0. The van der Waals surface area contributed by atoms with Gasteiger partial charge in [-0.25, -0.2) is 0 Å². The average molecular weight is 317 g/mol. The largest absolute Gasteiger partial charge is 0.309 e. The Morgan fingerprint density at radius 3 is 2.57 bits per heavy atom. The molecule has 21 heavy (non-hydrogen) atoms. The number of pyridine rings is 1. The van der Waals surface area contributed by atoms with E-state index in [1.54, 1.807) is 6.07 Å². The lowest BCUT2D eigenvalue weighted by atomic mass is 9.96. The molecule has 0 amide bonds. The van der Waals surface area contributed by atoms with E-state index in [-0.39, 0.29) is 6.04 Å². The molecule has 0 aliphatic carbocycles. The molecule has 1 atom stereocenters. The first-order valence-electron chi connectivity index (χ1n) is 6.66. The van der Waals surface area contributed by atoms with Crippen LogP contribution in [0.4, 0.5) is 0 Å². The van der Waals surface area contributed by atoms with Gasteiger partial charge in [0.1, 0.15) is 0 Å². The Labute approximate surface area is 133 Å². The molecule has 0 radical (unpaired) electrons. The fraction of sp³-hybridized carbons (Fsp3) is 0.118. The molecule has 3 aromatic rings. The van der Waals surface area contributed by atoms with Gasteiger partial charge in [0.05, 0.1) is 16.1 Å². The van der Waals surface area contributed by atoms with Crippen LogP contribution in [0.15, 0.2) is 54.9 Å². The number of fused-ring (bicyclic) bond motifs is 1. The van der Waals surface area contributed by atoms with Crippen LogP contribution in [-0.4, -0.2) is 12.0 Å². The number of rotatable bonds is 3. The Balaban J connectivity index is 2.21. The lowest BCUT2D eigenvalue weighted by molar-refractivity contribution is 0.694. The molecule has 4 heteroatoms. The fourth-order valence-electron chi connectivity index (χ4n) is 2.59. The standard InChI is InChI=1S/C17H14Cl2N2/c1-20-17(13-7-4-8-15(18)16(13)19)14-10-21-9-11-5-2-3-6-12(11)14/h2-10,17,20H,1H3. The summed E-state index contributed by atoms with van der Waals surface area (Å²) in [7, 11) is 1.91. The van der Waals surface area contributed by atoms with Gasteiger partial charge in [0.25, 0.3) is 0 Å². The normalized spacial score (nSPS) is 12.5. The molecule has 0 aliphatic rings. The highest BCUT2D eigenvalue weighted by Crippen LogP contribution is 2.35. The molecule has 0 bridgehead atoms. The van der Waals surface area contributed by atoms with E-state index >= 15 is 0 Å². The maximum atomic E-state index is 6.38. The molecule has 106 valence electrons. The number of hydrogen-bond acceptors (Lipinski definition) is 2. The number of halogens is 2. The van der Waals surface area contributed by atoms with Crippen molar-refractivity contribution in [3.63, 3.8) is 0 Å². The van der Waals surface area contributed by atoms with E-state index in [9.17, 15) is 0 Å². The molecule has 1 heterocycles. The van der Waals surface area contributed by atoms with Gasteiger partial charge in [-0.15, -0.1) is 0 Å². The van der Waals surface area contributed by atoms with Crippen LogP contribution in [-0.2, 0) is 0 Å². The molecule has 1 aromatic heterocycles. The topological polar surface area (TPSA) is 24.9 Å². The molecule has 0 aliphatic heterocycles. The van der Waals surface area contributed by atoms with Crippen LogP contribution in [0, 0.1) is 0 Å². The maximum Gasteiger partial charge on any atom is 0.0643 e. The molecular weight excluding hydrogens is 303 g/mol. The molecule has 3 rings (SSSR count). The first kappa shape index (κ1) is 14.3. The minimum absolute atomic E-state index is 0.0604. The summed E-state index contributed by atoms with van der Waals surface area (Å²) in [5.74, 6) is 0. The SMILES string of the molecule is CNC(c1cccc(Cl)c1Cl)c1cncc2ccccc12. The van der Waals surface area contributed by atoms with Crippen molar-refractivity contribution < 1.29 is 0 Å². The summed E-state index contributed by atoms with van der Waals surface area (Å²) in [5, 5.41) is 6.71. The van der Waals surface area contributed by atoms with Crippen molar-refractivity contribution in [1.82, 2.24) is 10.3 Å². The summed E-state index contributed by atoms with van der Waals surface area (Å²) in [5.41, 5.74) is 2.03. The second kappa shape index (κ2) is 6.02. The average Bonchev–Trinajstić information content (AvgIpc) is 2.52. The predicted octanol–water partition coefficient (Wildman–Crippen LogP) is 4.85. The highest BCUT2D eigenvalue weighted by atomic mass is 35.5. The van der Waals surface area contributed by atoms with E-state index in [1.165, 1.54) is 0 Å². The minimum Gasteiger partial charge on any atom is -0.309 e. The number of hydrogen-bond donors (Lipinski definition) is 1. The molecule has 1 unspecified atom stereocenters. The van der Waals surface area contributed by atoms with Gasteiger partial charge in [0.2, 0.25) is 0 Å². The Kier molecular flexibility index (Phi) is 4.11. The van der Waals surface area contributed by atoms with Crippen molar-refractivity contribution in [1.29, 1.82) is 0 Å². The van der Waals surface area contributed by atoms with E-state index in [4.69, 9.17) is 23.2 Å². The van der Waals surface area contributed by atoms with Crippen molar-refractivity contribution in [3.8, 4) is 0 Å². The monoisotopic (exact) mass is 316 g/mol. The van der Waals surface area contributed by atoms with Crippen molar-refractivity contribution in [3.05, 3.63) is 76.0 Å². The molecule has 0 fully saturated rings. The molecule has 0 spiro atoms. The predicted molar refractivity (Wildman–Crippen MR) is 89.1 cm³/mol. The van der Waals surface area contributed by atoms with Gasteiger partial charge in [0, 0.05) is 17.8 Å². The van der Waals surface area contributed by atoms with Crippen LogP contribution >= 0.6 is 23.2 Å². The van der Waals surface area contributed by atoms with Crippen LogP contribution in [0.2, 0.25) is 10.0 Å². The first-order valence-corrected chi connectivity index (χ1v) is 7.42. The number of aromatic nitrogens is 1. The van der Waals surface area contributed by atoms with Crippen molar-refractivity contribution in [2.75, 3.05) is 7.05 Å². The van der Waals surface area contributed by atoms with Crippen LogP contribution in [0.5, 0.6) is 0 Å². The number of benzene rings is 2. The van der Waals surface area contributed by atoms with Gasteiger partial charge in [-0.3, -0.25) is 4.98 Å². The summed E-state index contributed by atoms with van der Waals surface area (Å²) in [6.07, 6.45) is 3.74. The minimum atomic E-state index is -0.0604. The first-order chi connectivity index (χ1) is 10.2. The van der Waals surface area contributed by atoms with Gasteiger partial charge < -0.3 is 5.32 Å². The molecule has 0 saturated carbocycles. The highest BCUT2D eigenvalue weighted by molar-refractivity contribution is 6.42. The van der Waals surface area contributed by atoms with E-state index < -0.39 is 0 Å². The molecular formula is C17H14Cl2N2. The Morgan fingerprint density at radius 1 is 0.952 bits per heavy atom. The number of nitrogens with one attached hydrogen (secondary N) is 1. The van der Waals surface area contributed by atoms with Crippen molar-refractivity contribution in [2.45, 2.75) is 6.04 Å². The summed E-state index contributed by atoms with van der Waals surface area (Å²) >= 11 is 12.5. The van der Waals surface area contributed by atoms with Crippen LogP contribution in [0.25, 0.3) is 10.8 Å². The molecule has 1 N–H and O–H groups in total. The summed E-state index contributed by atoms with van der Waals surface area (Å²) in [4.78, 5) is 4.34. The van der Waals surface area contributed by atoms with E-state index in [2.05, 4.69) is 22.4 Å². The zero-order chi connectivity index (χ0) is 14.8. The van der Waals surface area contributed by atoms with Gasteiger partial charge in [-0.05, 0) is 29.6 Å². The summed E-state index contributed by atoms with van der Waals surface area (Å²) < 4.78 is 0. The lowest BCUT2D eigenvalue weighted by Crippen LogP contribution is -2.18. The summed E-state index contributed by atoms with van der Waals surface area (Å²) in [6, 6.07) is 13.8. The quantitative estimate of drug-likeness (QED) is 0.747. The third-order valence-corrected chi connectivity index (χ3v) is 4.42. The van der Waals surface area contributed by atoms with Crippen molar-refractivity contribution in [2.24, 2.45) is 0 Å². The van der Waals surface area contributed by atoms with Gasteiger partial charge in [0.15, 0.2) is 0 Å². The highest BCUT2D eigenvalue weighted by Gasteiger charge is 2.19. The van der Waals surface area contributed by atoms with E-state index in [1.807, 2.05) is 43.7 Å². The zero-order valence-corrected chi connectivity index (χ0v) is 13.0. The van der Waals surface area contributed by atoms with Gasteiger partial charge >= 0.3 is 0 Å². The van der Waals surface area contributed by atoms with E-state index in [0.29, 0.717) is 10.0 Å². The Hall–Kier alpha value is -1.61. The van der Waals surface area contributed by atoms with Crippen LogP contribution < -0.4 is 5.32 Å². The van der Waals surface area contributed by atoms with Gasteiger partial charge in [-0.1, -0.05) is 59.6 Å². The second-order valence-corrected chi connectivity index (χ2v) is 5.60. The smallest absolute Gasteiger partial charge is 0.0643 e. The fourth-order valence-corrected chi connectivity index (χ4v) is 3.01. The van der Waals surface area contributed by atoms with Crippen LogP contribution in [0.3, 0.4) is 0 Å². The number of nitrogens with zero attached hydrogens (tertiary/aromatic N) is 1. The molecule has 2 nitrogen and oxygen atoms in total. The zero-order valence-electron chi connectivity index (χ0n) is 11.5. The maximum absolute atomic E-state index is 6.38. The second-order valence-electron chi connectivity index (χ2n) is 4.81.